The van der Waals surface area contributed by atoms with E-state index in [1.165, 1.54) is 0 Å². The normalized spacial score (nSPS) is 19.1. The van der Waals surface area contributed by atoms with Crippen LogP contribution in [0.15, 0.2) is 18.3 Å². The maximum absolute atomic E-state index is 12.2. The van der Waals surface area contributed by atoms with E-state index in [1.807, 2.05) is 19.1 Å². The predicted molar refractivity (Wildman–Crippen MR) is 72.6 cm³/mol. The van der Waals surface area contributed by atoms with Crippen LogP contribution in [0.1, 0.15) is 25.3 Å². The molecule has 2 heterocycles. The molecule has 1 aromatic heterocycles. The lowest BCUT2D eigenvalue weighted by molar-refractivity contribution is -0.132. The number of likely N-dealkylation sites (tertiary alicyclic amines) is 1. The number of hydrogen-bond acceptors (Lipinski definition) is 3. The fraction of sp³-hybridized carbons (Fsp3) is 0.500. The van der Waals surface area contributed by atoms with E-state index in [9.17, 15) is 9.59 Å². The van der Waals surface area contributed by atoms with Gasteiger partial charge in [0.15, 0.2) is 0 Å². The van der Waals surface area contributed by atoms with E-state index in [0.29, 0.717) is 12.4 Å². The van der Waals surface area contributed by atoms with Crippen molar-refractivity contribution in [2.24, 2.45) is 5.92 Å². The van der Waals surface area contributed by atoms with E-state index in [4.69, 9.17) is 0 Å². The number of hydrogen-bond donors (Lipinski definition) is 1. The van der Waals surface area contributed by atoms with Crippen LogP contribution < -0.4 is 5.32 Å². The number of aryl methyl sites for hydroxylation is 1. The topological polar surface area (TPSA) is 62.3 Å². The molecule has 1 saturated heterocycles. The Morgan fingerprint density at radius 3 is 2.95 bits per heavy atom. The molecule has 1 atom stereocenters. The van der Waals surface area contributed by atoms with Gasteiger partial charge in [0.25, 0.3) is 0 Å². The van der Waals surface area contributed by atoms with Gasteiger partial charge in [-0.25, -0.2) is 4.98 Å². The monoisotopic (exact) mass is 261 g/mol. The molecule has 0 bridgehead atoms. The third kappa shape index (κ3) is 3.53. The Labute approximate surface area is 113 Å². The van der Waals surface area contributed by atoms with E-state index in [0.717, 1.165) is 24.9 Å². The number of carbonyl (C=O) groups excluding carboxylic acids is 2. The molecule has 2 rings (SSSR count). The van der Waals surface area contributed by atoms with E-state index in [-0.39, 0.29) is 17.7 Å². The third-order valence-corrected chi connectivity index (χ3v) is 3.40. The van der Waals surface area contributed by atoms with Crippen molar-refractivity contribution < 1.29 is 9.59 Å². The summed E-state index contributed by atoms with van der Waals surface area (Å²) in [6, 6.07) is 3.72. The molecule has 0 spiro atoms. The number of nitrogens with one attached hydrogen (secondary N) is 1. The molecule has 19 heavy (non-hydrogen) atoms. The van der Waals surface area contributed by atoms with Crippen molar-refractivity contribution >= 4 is 17.6 Å². The Kier molecular flexibility index (Phi) is 4.14. The van der Waals surface area contributed by atoms with Gasteiger partial charge < -0.3 is 10.2 Å². The maximum Gasteiger partial charge on any atom is 0.230 e. The van der Waals surface area contributed by atoms with Gasteiger partial charge in [0.1, 0.15) is 5.82 Å². The summed E-state index contributed by atoms with van der Waals surface area (Å²) in [7, 11) is 0. The van der Waals surface area contributed by atoms with Gasteiger partial charge in [0.05, 0.1) is 5.92 Å². The minimum atomic E-state index is -0.139. The lowest BCUT2D eigenvalue weighted by atomic mass is 9.97. The molecule has 0 aromatic carbocycles. The van der Waals surface area contributed by atoms with Gasteiger partial charge in [-0.3, -0.25) is 9.59 Å². The number of amides is 2. The van der Waals surface area contributed by atoms with Gasteiger partial charge >= 0.3 is 0 Å². The highest BCUT2D eigenvalue weighted by molar-refractivity contribution is 5.92. The van der Waals surface area contributed by atoms with Crippen LogP contribution in [0.4, 0.5) is 5.82 Å². The molecule has 2 amide bonds. The van der Waals surface area contributed by atoms with Gasteiger partial charge in [-0.1, -0.05) is 0 Å². The zero-order valence-corrected chi connectivity index (χ0v) is 11.3. The molecule has 0 saturated carbocycles. The lowest BCUT2D eigenvalue weighted by Crippen LogP contribution is -2.42. The third-order valence-electron chi connectivity index (χ3n) is 3.40. The number of rotatable bonds is 2. The maximum atomic E-state index is 12.2. The smallest absolute Gasteiger partial charge is 0.230 e. The molecule has 0 radical (unpaired) electrons. The predicted octanol–water partition coefficient (Wildman–Crippen LogP) is 1.59. The molecular weight excluding hydrogens is 242 g/mol. The summed E-state index contributed by atoms with van der Waals surface area (Å²) in [5, 5.41) is 2.82. The first-order valence-electron chi connectivity index (χ1n) is 6.55. The van der Waals surface area contributed by atoms with Gasteiger partial charge in [0, 0.05) is 26.2 Å². The van der Waals surface area contributed by atoms with Crippen LogP contribution in [-0.4, -0.2) is 34.8 Å². The highest BCUT2D eigenvalue weighted by Crippen LogP contribution is 2.18. The summed E-state index contributed by atoms with van der Waals surface area (Å²) in [6.07, 6.45) is 3.37. The molecule has 1 N–H and O–H groups in total. The van der Waals surface area contributed by atoms with Gasteiger partial charge in [0.2, 0.25) is 11.8 Å². The van der Waals surface area contributed by atoms with E-state index < -0.39 is 0 Å². The Hall–Kier alpha value is -1.91. The highest BCUT2D eigenvalue weighted by atomic mass is 16.2. The zero-order chi connectivity index (χ0) is 13.8. The first-order valence-corrected chi connectivity index (χ1v) is 6.55. The quantitative estimate of drug-likeness (QED) is 0.879. The van der Waals surface area contributed by atoms with Crippen molar-refractivity contribution in [2.75, 3.05) is 18.4 Å². The molecule has 1 unspecified atom stereocenters. The highest BCUT2D eigenvalue weighted by Gasteiger charge is 2.27. The van der Waals surface area contributed by atoms with Crippen molar-refractivity contribution in [3.8, 4) is 0 Å². The Balaban J connectivity index is 1.98. The minimum Gasteiger partial charge on any atom is -0.342 e. The van der Waals surface area contributed by atoms with Gasteiger partial charge in [-0.05, 0) is 37.5 Å². The number of aromatic nitrogens is 1. The van der Waals surface area contributed by atoms with Crippen molar-refractivity contribution in [1.29, 1.82) is 0 Å². The van der Waals surface area contributed by atoms with Crippen molar-refractivity contribution in [3.05, 3.63) is 23.9 Å². The molecule has 1 fully saturated rings. The van der Waals surface area contributed by atoms with Crippen molar-refractivity contribution in [2.45, 2.75) is 26.7 Å². The molecule has 1 aliphatic rings. The SMILES string of the molecule is CC(=O)N1CCCC(C(=O)Nc2cc(C)ccn2)C1. The zero-order valence-electron chi connectivity index (χ0n) is 11.3. The Morgan fingerprint density at radius 1 is 1.47 bits per heavy atom. The van der Waals surface area contributed by atoms with Crippen LogP contribution >= 0.6 is 0 Å². The van der Waals surface area contributed by atoms with Crippen LogP contribution in [-0.2, 0) is 9.59 Å². The standard InChI is InChI=1S/C14H19N3O2/c1-10-5-6-15-13(8-10)16-14(19)12-4-3-7-17(9-12)11(2)18/h5-6,8,12H,3-4,7,9H2,1-2H3,(H,15,16,19). The molecule has 1 aromatic rings. The number of anilines is 1. The van der Waals surface area contributed by atoms with E-state index in [1.54, 1.807) is 18.0 Å². The summed E-state index contributed by atoms with van der Waals surface area (Å²) in [5.74, 6) is 0.417. The average molecular weight is 261 g/mol. The molecule has 5 heteroatoms. The summed E-state index contributed by atoms with van der Waals surface area (Å²) >= 11 is 0. The fourth-order valence-electron chi connectivity index (χ4n) is 2.31. The second-order valence-electron chi connectivity index (χ2n) is 5.01. The van der Waals surface area contributed by atoms with Crippen molar-refractivity contribution in [3.63, 3.8) is 0 Å². The molecule has 0 aliphatic carbocycles. The number of pyridine rings is 1. The van der Waals surface area contributed by atoms with Crippen LogP contribution in [0, 0.1) is 12.8 Å². The Morgan fingerprint density at radius 2 is 2.26 bits per heavy atom. The van der Waals surface area contributed by atoms with E-state index in [2.05, 4.69) is 10.3 Å². The van der Waals surface area contributed by atoms with Crippen LogP contribution in [0.5, 0.6) is 0 Å². The fourth-order valence-corrected chi connectivity index (χ4v) is 2.31. The molecule has 1 aliphatic heterocycles. The number of piperidine rings is 1. The van der Waals surface area contributed by atoms with Crippen molar-refractivity contribution in [1.82, 2.24) is 9.88 Å². The largest absolute Gasteiger partial charge is 0.342 e. The summed E-state index contributed by atoms with van der Waals surface area (Å²) in [5.41, 5.74) is 1.05. The lowest BCUT2D eigenvalue weighted by Gasteiger charge is -2.31. The second-order valence-corrected chi connectivity index (χ2v) is 5.01. The first-order chi connectivity index (χ1) is 9.06. The summed E-state index contributed by atoms with van der Waals surface area (Å²) < 4.78 is 0. The second kappa shape index (κ2) is 5.82. The molecule has 102 valence electrons. The molecule has 5 nitrogen and oxygen atoms in total. The van der Waals surface area contributed by atoms with Crippen LogP contribution in [0.3, 0.4) is 0 Å². The molecular formula is C14H19N3O2. The van der Waals surface area contributed by atoms with Crippen LogP contribution in [0.25, 0.3) is 0 Å². The van der Waals surface area contributed by atoms with Crippen LogP contribution in [0.2, 0.25) is 0 Å². The summed E-state index contributed by atoms with van der Waals surface area (Å²) in [4.78, 5) is 29.4. The first kappa shape index (κ1) is 13.5. The van der Waals surface area contributed by atoms with Gasteiger partial charge in [-0.15, -0.1) is 0 Å². The van der Waals surface area contributed by atoms with Gasteiger partial charge in [-0.2, -0.15) is 0 Å². The summed E-state index contributed by atoms with van der Waals surface area (Å²) in [6.45, 7) is 4.76. The minimum absolute atomic E-state index is 0.0335. The Bertz CT molecular complexity index is 487. The number of nitrogens with zero attached hydrogens (tertiary/aromatic N) is 2. The van der Waals surface area contributed by atoms with E-state index >= 15 is 0 Å². The number of carbonyl (C=O) groups is 2. The average Bonchev–Trinajstić information content (AvgIpc) is 2.39.